The van der Waals surface area contributed by atoms with Gasteiger partial charge < -0.3 is 9.30 Å². The summed E-state index contributed by atoms with van der Waals surface area (Å²) in [6, 6.07) is 17.4. The van der Waals surface area contributed by atoms with E-state index in [9.17, 15) is 23.3 Å². The van der Waals surface area contributed by atoms with E-state index in [1.807, 2.05) is 30.3 Å². The molecule has 0 amide bonds. The Kier molecular flexibility index (Phi) is 7.16. The Hall–Kier alpha value is -3.50. The maximum Gasteiger partial charge on any atom is 0.292 e. The Morgan fingerprint density at radius 2 is 1.71 bits per heavy atom. The lowest BCUT2D eigenvalue weighted by Crippen LogP contribution is -2.27. The van der Waals surface area contributed by atoms with Crippen molar-refractivity contribution >= 4 is 15.7 Å². The van der Waals surface area contributed by atoms with E-state index in [4.69, 9.17) is 4.74 Å². The number of pyridine rings is 1. The number of non-ortho nitro benzene ring substituents is 1. The molecule has 0 saturated carbocycles. The van der Waals surface area contributed by atoms with E-state index in [0.717, 1.165) is 17.7 Å². The van der Waals surface area contributed by atoms with Gasteiger partial charge in [0.2, 0.25) is 10.0 Å². The molecule has 1 N–H and O–H groups in total. The van der Waals surface area contributed by atoms with Crippen molar-refractivity contribution in [3.05, 3.63) is 99.0 Å². The van der Waals surface area contributed by atoms with Gasteiger partial charge in [-0.1, -0.05) is 30.3 Å². The molecule has 0 aliphatic carbocycles. The molecule has 31 heavy (non-hydrogen) atoms. The van der Waals surface area contributed by atoms with Crippen LogP contribution in [0.1, 0.15) is 12.0 Å². The van der Waals surface area contributed by atoms with Gasteiger partial charge in [-0.3, -0.25) is 14.9 Å². The van der Waals surface area contributed by atoms with E-state index in [0.29, 0.717) is 13.0 Å². The second-order valence-electron chi connectivity index (χ2n) is 6.65. The van der Waals surface area contributed by atoms with E-state index in [2.05, 4.69) is 4.72 Å². The molecule has 0 bridgehead atoms. The van der Waals surface area contributed by atoms with Crippen molar-refractivity contribution < 1.29 is 18.1 Å². The van der Waals surface area contributed by atoms with Crippen LogP contribution in [-0.2, 0) is 23.2 Å². The molecule has 0 aliphatic rings. The molecule has 3 rings (SSSR count). The van der Waals surface area contributed by atoms with Crippen molar-refractivity contribution in [2.75, 3.05) is 6.54 Å². The zero-order valence-corrected chi connectivity index (χ0v) is 17.3. The highest BCUT2D eigenvalue weighted by molar-refractivity contribution is 7.89. The third kappa shape index (κ3) is 6.00. The first-order valence-electron chi connectivity index (χ1n) is 9.47. The SMILES string of the molecule is O=c1c(OCc2ccccc2)cccn1CCCNS(=O)(=O)c1ccc([N+](=O)[O-])cc1. The molecule has 3 aromatic rings. The number of hydrogen-bond acceptors (Lipinski definition) is 6. The van der Waals surface area contributed by atoms with Crippen LogP contribution in [0.3, 0.4) is 0 Å². The van der Waals surface area contributed by atoms with Crippen LogP contribution in [0.25, 0.3) is 0 Å². The van der Waals surface area contributed by atoms with Crippen LogP contribution in [0.15, 0.2) is 82.6 Å². The Balaban J connectivity index is 1.54. The Morgan fingerprint density at radius 1 is 1.00 bits per heavy atom. The molecule has 0 fully saturated rings. The molecular weight excluding hydrogens is 422 g/mol. The van der Waals surface area contributed by atoms with Gasteiger partial charge in [0.15, 0.2) is 5.75 Å². The van der Waals surface area contributed by atoms with Crippen LogP contribution < -0.4 is 15.0 Å². The molecule has 0 aliphatic heterocycles. The molecule has 0 unspecified atom stereocenters. The Morgan fingerprint density at radius 3 is 2.39 bits per heavy atom. The Labute approximate surface area is 179 Å². The summed E-state index contributed by atoms with van der Waals surface area (Å²) in [4.78, 5) is 22.5. The zero-order valence-electron chi connectivity index (χ0n) is 16.5. The fourth-order valence-electron chi connectivity index (χ4n) is 2.82. The predicted octanol–water partition coefficient (Wildman–Crippen LogP) is 2.70. The van der Waals surface area contributed by atoms with E-state index in [1.54, 1.807) is 18.3 Å². The van der Waals surface area contributed by atoms with Gasteiger partial charge in [-0.15, -0.1) is 0 Å². The second kappa shape index (κ2) is 10.0. The molecule has 2 aromatic carbocycles. The van der Waals surface area contributed by atoms with Gasteiger partial charge in [0.1, 0.15) is 6.61 Å². The van der Waals surface area contributed by atoms with Crippen molar-refractivity contribution in [3.63, 3.8) is 0 Å². The van der Waals surface area contributed by atoms with Crippen molar-refractivity contribution in [1.82, 2.24) is 9.29 Å². The number of nitro groups is 1. The van der Waals surface area contributed by atoms with E-state index < -0.39 is 14.9 Å². The van der Waals surface area contributed by atoms with Gasteiger partial charge in [-0.25, -0.2) is 13.1 Å². The van der Waals surface area contributed by atoms with Gasteiger partial charge in [0.25, 0.3) is 11.2 Å². The number of ether oxygens (including phenoxy) is 1. The largest absolute Gasteiger partial charge is 0.483 e. The number of nitrogens with one attached hydrogen (secondary N) is 1. The summed E-state index contributed by atoms with van der Waals surface area (Å²) in [5, 5.41) is 10.7. The summed E-state index contributed by atoms with van der Waals surface area (Å²) in [6.45, 7) is 0.667. The number of hydrogen-bond donors (Lipinski definition) is 1. The number of rotatable bonds is 10. The number of nitro benzene ring substituents is 1. The molecule has 1 heterocycles. The molecule has 9 nitrogen and oxygen atoms in total. The fourth-order valence-corrected chi connectivity index (χ4v) is 3.90. The summed E-state index contributed by atoms with van der Waals surface area (Å²) >= 11 is 0. The third-order valence-corrected chi connectivity index (χ3v) is 5.93. The van der Waals surface area contributed by atoms with Crippen molar-refractivity contribution in [2.24, 2.45) is 0 Å². The predicted molar refractivity (Wildman–Crippen MR) is 114 cm³/mol. The first-order chi connectivity index (χ1) is 14.9. The Bertz CT molecular complexity index is 1190. The number of aromatic nitrogens is 1. The summed E-state index contributed by atoms with van der Waals surface area (Å²) in [6.07, 6.45) is 1.98. The third-order valence-electron chi connectivity index (χ3n) is 4.45. The highest BCUT2D eigenvalue weighted by atomic mass is 32.2. The average Bonchev–Trinajstić information content (AvgIpc) is 2.77. The lowest BCUT2D eigenvalue weighted by Gasteiger charge is -2.10. The van der Waals surface area contributed by atoms with Gasteiger partial charge in [-0.2, -0.15) is 0 Å². The maximum atomic E-state index is 12.5. The van der Waals surface area contributed by atoms with Crippen LogP contribution >= 0.6 is 0 Å². The average molecular weight is 443 g/mol. The van der Waals surface area contributed by atoms with Crippen molar-refractivity contribution in [2.45, 2.75) is 24.5 Å². The topological polar surface area (TPSA) is 121 Å². The minimum absolute atomic E-state index is 0.0634. The molecule has 0 radical (unpaired) electrons. The molecule has 10 heteroatoms. The zero-order chi connectivity index (χ0) is 22.3. The van der Waals surface area contributed by atoms with Gasteiger partial charge in [0, 0.05) is 31.4 Å². The van der Waals surface area contributed by atoms with Gasteiger partial charge in [-0.05, 0) is 36.2 Å². The molecule has 1 aromatic heterocycles. The highest BCUT2D eigenvalue weighted by Crippen LogP contribution is 2.15. The van der Waals surface area contributed by atoms with Crippen LogP contribution in [0, 0.1) is 10.1 Å². The van der Waals surface area contributed by atoms with Crippen LogP contribution in [0.4, 0.5) is 5.69 Å². The summed E-state index contributed by atoms with van der Waals surface area (Å²) < 4.78 is 34.1. The van der Waals surface area contributed by atoms with E-state index in [1.165, 1.54) is 16.7 Å². The van der Waals surface area contributed by atoms with Crippen LogP contribution in [-0.4, -0.2) is 24.5 Å². The standard InChI is InChI=1S/C21H21N3O6S/c25-21-20(30-16-17-6-2-1-3-7-17)8-4-14-23(21)15-5-13-22-31(28,29)19-11-9-18(10-12-19)24(26)27/h1-4,6-12,14,22H,5,13,15-16H2. The van der Waals surface area contributed by atoms with Gasteiger partial charge >= 0.3 is 0 Å². The minimum Gasteiger partial charge on any atom is -0.483 e. The molecule has 0 spiro atoms. The van der Waals surface area contributed by atoms with E-state index in [-0.39, 0.29) is 35.0 Å². The van der Waals surface area contributed by atoms with Crippen LogP contribution in [0.2, 0.25) is 0 Å². The van der Waals surface area contributed by atoms with E-state index >= 15 is 0 Å². The monoisotopic (exact) mass is 443 g/mol. The molecular formula is C21H21N3O6S. The molecule has 162 valence electrons. The first kappa shape index (κ1) is 22.2. The lowest BCUT2D eigenvalue weighted by molar-refractivity contribution is -0.384. The smallest absolute Gasteiger partial charge is 0.292 e. The van der Waals surface area contributed by atoms with Crippen molar-refractivity contribution in [3.8, 4) is 5.75 Å². The molecule has 0 saturated heterocycles. The first-order valence-corrected chi connectivity index (χ1v) is 11.0. The maximum absolute atomic E-state index is 12.5. The second-order valence-corrected chi connectivity index (χ2v) is 8.41. The normalized spacial score (nSPS) is 11.2. The summed E-state index contributed by atoms with van der Waals surface area (Å²) in [7, 11) is -3.80. The lowest BCUT2D eigenvalue weighted by atomic mass is 10.2. The van der Waals surface area contributed by atoms with Crippen LogP contribution in [0.5, 0.6) is 5.75 Å². The molecule has 0 atom stereocenters. The van der Waals surface area contributed by atoms with Gasteiger partial charge in [0.05, 0.1) is 9.82 Å². The number of benzene rings is 2. The number of nitrogens with zero attached hydrogens (tertiary/aromatic N) is 2. The summed E-state index contributed by atoms with van der Waals surface area (Å²) in [5.74, 6) is 0.220. The minimum atomic E-state index is -3.80. The quantitative estimate of drug-likeness (QED) is 0.292. The number of aryl methyl sites for hydroxylation is 1. The fraction of sp³-hybridized carbons (Fsp3) is 0.190. The number of sulfonamides is 1. The summed E-state index contributed by atoms with van der Waals surface area (Å²) in [5.41, 5.74) is 0.460. The highest BCUT2D eigenvalue weighted by Gasteiger charge is 2.15. The van der Waals surface area contributed by atoms with Crippen molar-refractivity contribution in [1.29, 1.82) is 0 Å².